The fourth-order valence-corrected chi connectivity index (χ4v) is 3.85. The third kappa shape index (κ3) is 2.60. The van der Waals surface area contributed by atoms with Crippen molar-refractivity contribution in [1.82, 2.24) is 5.32 Å². The average molecular weight is 296 g/mol. The van der Waals surface area contributed by atoms with Crippen LogP contribution in [0.3, 0.4) is 0 Å². The molecule has 1 nitrogen and oxygen atoms in total. The van der Waals surface area contributed by atoms with Crippen molar-refractivity contribution in [2.24, 2.45) is 11.8 Å². The molecule has 0 heterocycles. The molecule has 0 spiro atoms. The first-order valence-electron chi connectivity index (χ1n) is 7.70. The van der Waals surface area contributed by atoms with Crippen LogP contribution in [0, 0.1) is 17.7 Å². The first-order valence-corrected chi connectivity index (χ1v) is 8.07. The summed E-state index contributed by atoms with van der Waals surface area (Å²) in [5.74, 6) is 1.21. The van der Waals surface area contributed by atoms with Crippen LogP contribution in [0.1, 0.15) is 45.1 Å². The van der Waals surface area contributed by atoms with Gasteiger partial charge in [-0.25, -0.2) is 4.39 Å². The lowest BCUT2D eigenvalue weighted by atomic mass is 9.55. The van der Waals surface area contributed by atoms with Gasteiger partial charge in [-0.3, -0.25) is 0 Å². The summed E-state index contributed by atoms with van der Waals surface area (Å²) in [5.41, 5.74) is 0.645. The van der Waals surface area contributed by atoms with Crippen molar-refractivity contribution >= 4 is 11.6 Å². The van der Waals surface area contributed by atoms with Gasteiger partial charge in [0.1, 0.15) is 5.82 Å². The van der Waals surface area contributed by atoms with E-state index in [0.29, 0.717) is 22.9 Å². The van der Waals surface area contributed by atoms with Crippen LogP contribution in [0.25, 0.3) is 0 Å². The van der Waals surface area contributed by atoms with Crippen LogP contribution < -0.4 is 5.32 Å². The van der Waals surface area contributed by atoms with Crippen molar-refractivity contribution < 1.29 is 4.39 Å². The molecule has 0 radical (unpaired) electrons. The predicted molar refractivity (Wildman–Crippen MR) is 81.7 cm³/mol. The van der Waals surface area contributed by atoms with Gasteiger partial charge < -0.3 is 5.32 Å². The molecular weight excluding hydrogens is 273 g/mol. The summed E-state index contributed by atoms with van der Waals surface area (Å²) in [4.78, 5) is 0. The molecule has 1 N–H and O–H groups in total. The van der Waals surface area contributed by atoms with Crippen LogP contribution in [0.15, 0.2) is 18.2 Å². The summed E-state index contributed by atoms with van der Waals surface area (Å²) in [6, 6.07) is 5.71. The number of rotatable bonds is 5. The molecule has 0 unspecified atom stereocenters. The van der Waals surface area contributed by atoms with Crippen molar-refractivity contribution in [2.75, 3.05) is 6.54 Å². The maximum absolute atomic E-state index is 14.3. The zero-order valence-corrected chi connectivity index (χ0v) is 13.0. The summed E-state index contributed by atoms with van der Waals surface area (Å²) >= 11 is 6.32. The lowest BCUT2D eigenvalue weighted by molar-refractivity contribution is 0.0942. The van der Waals surface area contributed by atoms with Gasteiger partial charge in [0.15, 0.2) is 0 Å². The van der Waals surface area contributed by atoms with E-state index < -0.39 is 0 Å². The van der Waals surface area contributed by atoms with Gasteiger partial charge >= 0.3 is 0 Å². The van der Waals surface area contributed by atoms with Gasteiger partial charge in [-0.2, -0.15) is 0 Å². The largest absolute Gasteiger partial charge is 0.313 e. The molecule has 20 heavy (non-hydrogen) atoms. The van der Waals surface area contributed by atoms with Gasteiger partial charge in [0.2, 0.25) is 0 Å². The van der Waals surface area contributed by atoms with E-state index in [2.05, 4.69) is 19.2 Å². The molecule has 3 rings (SSSR count). The molecule has 2 aliphatic carbocycles. The molecule has 0 saturated heterocycles. The Hall–Kier alpha value is -0.600. The highest BCUT2D eigenvalue weighted by Crippen LogP contribution is 2.52. The van der Waals surface area contributed by atoms with Gasteiger partial charge in [0.25, 0.3) is 0 Å². The molecule has 0 aliphatic heterocycles. The van der Waals surface area contributed by atoms with Crippen molar-refractivity contribution in [3.63, 3.8) is 0 Å². The summed E-state index contributed by atoms with van der Waals surface area (Å²) in [6.07, 6.45) is 4.61. The summed E-state index contributed by atoms with van der Waals surface area (Å²) in [7, 11) is 0. The monoisotopic (exact) mass is 295 g/mol. The number of hydrogen-bond donors (Lipinski definition) is 1. The van der Waals surface area contributed by atoms with E-state index in [-0.39, 0.29) is 11.2 Å². The fraction of sp³-hybridized carbons (Fsp3) is 0.647. The molecule has 0 amide bonds. The quantitative estimate of drug-likeness (QED) is 0.841. The van der Waals surface area contributed by atoms with Gasteiger partial charge in [0.05, 0.1) is 0 Å². The van der Waals surface area contributed by atoms with Crippen LogP contribution in [0.2, 0.25) is 5.02 Å². The Morgan fingerprint density at radius 1 is 1.35 bits per heavy atom. The minimum atomic E-state index is -0.141. The lowest BCUT2D eigenvalue weighted by Crippen LogP contribution is -2.51. The summed E-state index contributed by atoms with van der Waals surface area (Å²) < 4.78 is 14.3. The topological polar surface area (TPSA) is 12.0 Å². The molecule has 1 aromatic rings. The molecule has 2 saturated carbocycles. The molecule has 2 aliphatic rings. The van der Waals surface area contributed by atoms with Crippen LogP contribution in [-0.2, 0) is 5.41 Å². The van der Waals surface area contributed by atoms with Gasteiger partial charge in [0, 0.05) is 28.6 Å². The van der Waals surface area contributed by atoms with E-state index >= 15 is 0 Å². The smallest absolute Gasteiger partial charge is 0.128 e. The third-order valence-corrected chi connectivity index (χ3v) is 5.36. The highest BCUT2D eigenvalue weighted by molar-refractivity contribution is 6.31. The highest BCUT2D eigenvalue weighted by Gasteiger charge is 2.49. The van der Waals surface area contributed by atoms with E-state index in [1.165, 1.54) is 12.8 Å². The van der Waals surface area contributed by atoms with E-state index in [1.807, 2.05) is 6.07 Å². The van der Waals surface area contributed by atoms with Crippen LogP contribution in [0.4, 0.5) is 4.39 Å². The zero-order valence-electron chi connectivity index (χ0n) is 12.3. The van der Waals surface area contributed by atoms with Crippen LogP contribution >= 0.6 is 11.6 Å². The normalized spacial score (nSPS) is 29.6. The Kier molecular flexibility index (Phi) is 3.81. The van der Waals surface area contributed by atoms with Crippen molar-refractivity contribution in [3.8, 4) is 0 Å². The van der Waals surface area contributed by atoms with Crippen LogP contribution in [-0.4, -0.2) is 12.6 Å². The molecule has 0 bridgehead atoms. The number of nitrogens with one attached hydrogen (secondary N) is 1. The maximum atomic E-state index is 14.3. The van der Waals surface area contributed by atoms with Crippen molar-refractivity contribution in [3.05, 3.63) is 34.6 Å². The van der Waals surface area contributed by atoms with E-state index in [4.69, 9.17) is 11.6 Å². The summed E-state index contributed by atoms with van der Waals surface area (Å²) in [5, 5.41) is 4.17. The Labute approximate surface area is 125 Å². The Morgan fingerprint density at radius 3 is 2.60 bits per heavy atom. The minimum Gasteiger partial charge on any atom is -0.313 e. The molecule has 1 aromatic carbocycles. The average Bonchev–Trinajstić information content (AvgIpc) is 3.13. The SMILES string of the molecule is CC(C)C1CC(CNC2CC2)(c2c(F)cccc2Cl)C1. The van der Waals surface area contributed by atoms with Crippen molar-refractivity contribution in [1.29, 1.82) is 0 Å². The van der Waals surface area contributed by atoms with Gasteiger partial charge in [-0.15, -0.1) is 0 Å². The van der Waals surface area contributed by atoms with Crippen LogP contribution in [0.5, 0.6) is 0 Å². The van der Waals surface area contributed by atoms with Crippen molar-refractivity contribution in [2.45, 2.75) is 51.0 Å². The van der Waals surface area contributed by atoms with Gasteiger partial charge in [-0.05, 0) is 49.7 Å². The van der Waals surface area contributed by atoms with E-state index in [1.54, 1.807) is 12.1 Å². The second kappa shape index (κ2) is 5.31. The molecule has 0 aromatic heterocycles. The maximum Gasteiger partial charge on any atom is 0.128 e. The van der Waals surface area contributed by atoms with Gasteiger partial charge in [-0.1, -0.05) is 31.5 Å². The first-order chi connectivity index (χ1) is 9.52. The number of hydrogen-bond acceptors (Lipinski definition) is 1. The molecular formula is C17H23ClFN. The standard InChI is InChI=1S/C17H23ClFN/c1-11(2)12-8-17(9-12,10-20-13-6-7-13)16-14(18)4-3-5-15(16)19/h3-5,11-13,20H,6-10H2,1-2H3. The fourth-order valence-electron chi connectivity index (χ4n) is 3.48. The Balaban J connectivity index is 1.85. The highest BCUT2D eigenvalue weighted by atomic mass is 35.5. The molecule has 2 fully saturated rings. The first kappa shape index (κ1) is 14.3. The number of benzene rings is 1. The molecule has 3 heteroatoms. The second-order valence-corrected chi connectivity index (χ2v) is 7.35. The van der Waals surface area contributed by atoms with E-state index in [9.17, 15) is 4.39 Å². The Morgan fingerprint density at radius 2 is 2.05 bits per heavy atom. The number of halogens is 2. The lowest BCUT2D eigenvalue weighted by Gasteiger charge is -2.50. The zero-order chi connectivity index (χ0) is 14.3. The predicted octanol–water partition coefficient (Wildman–Crippen LogP) is 4.53. The third-order valence-electron chi connectivity index (χ3n) is 5.05. The molecule has 110 valence electrons. The Bertz CT molecular complexity index is 464. The van der Waals surface area contributed by atoms with E-state index in [0.717, 1.165) is 24.9 Å². The molecule has 0 atom stereocenters. The summed E-state index contributed by atoms with van der Waals surface area (Å²) in [6.45, 7) is 5.37. The minimum absolute atomic E-state index is 0.0973. The second-order valence-electron chi connectivity index (χ2n) is 6.94.